The summed E-state index contributed by atoms with van der Waals surface area (Å²) in [5, 5.41) is 0.694. The second-order valence-electron chi connectivity index (χ2n) is 5.48. The molecule has 0 aliphatic heterocycles. The summed E-state index contributed by atoms with van der Waals surface area (Å²) in [4.78, 5) is 15.3. The van der Waals surface area contributed by atoms with Crippen molar-refractivity contribution >= 4 is 34.5 Å². The van der Waals surface area contributed by atoms with Crippen molar-refractivity contribution in [3.8, 4) is 0 Å². The lowest BCUT2D eigenvalue weighted by atomic mass is 10.1. The Balaban J connectivity index is 1.92. The Morgan fingerprint density at radius 1 is 1.17 bits per heavy atom. The molecule has 0 saturated carbocycles. The van der Waals surface area contributed by atoms with Gasteiger partial charge in [0.15, 0.2) is 0 Å². The number of aromatic nitrogens is 2. The van der Waals surface area contributed by atoms with E-state index in [9.17, 15) is 4.79 Å². The van der Waals surface area contributed by atoms with Gasteiger partial charge in [-0.15, -0.1) is 0 Å². The fourth-order valence-corrected chi connectivity index (χ4v) is 2.81. The predicted octanol–water partition coefficient (Wildman–Crippen LogP) is 2.74. The van der Waals surface area contributed by atoms with E-state index in [1.165, 1.54) is 0 Å². The Kier molecular flexibility index (Phi) is 4.21. The average molecular weight is 329 g/mol. The number of fused-ring (bicyclic) bond motifs is 1. The van der Waals surface area contributed by atoms with E-state index in [1.807, 2.05) is 47.0 Å². The number of rotatable bonds is 5. The van der Waals surface area contributed by atoms with Gasteiger partial charge >= 0.3 is 0 Å². The maximum Gasteiger partial charge on any atom is 0.217 e. The number of amides is 1. The Bertz CT molecular complexity index is 872. The number of aryl methyl sites for hydroxylation is 1. The fourth-order valence-electron chi connectivity index (χ4n) is 2.60. The predicted molar refractivity (Wildman–Crippen MR) is 92.2 cm³/mol. The van der Waals surface area contributed by atoms with Crippen LogP contribution in [0.15, 0.2) is 42.5 Å². The average Bonchev–Trinajstić information content (AvgIpc) is 2.80. The molecule has 2 aromatic carbocycles. The van der Waals surface area contributed by atoms with E-state index in [2.05, 4.69) is 4.98 Å². The normalized spacial score (nSPS) is 11.0. The first-order valence-corrected chi connectivity index (χ1v) is 7.68. The summed E-state index contributed by atoms with van der Waals surface area (Å²) in [6, 6.07) is 13.6. The maximum absolute atomic E-state index is 10.9. The van der Waals surface area contributed by atoms with Gasteiger partial charge in [-0.3, -0.25) is 4.79 Å². The van der Waals surface area contributed by atoms with Gasteiger partial charge < -0.3 is 16.0 Å². The van der Waals surface area contributed by atoms with E-state index in [0.717, 1.165) is 22.2 Å². The molecule has 0 atom stereocenters. The molecule has 0 aliphatic carbocycles. The molecule has 4 N–H and O–H groups in total. The van der Waals surface area contributed by atoms with Gasteiger partial charge in [0.25, 0.3) is 0 Å². The third-order valence-electron chi connectivity index (χ3n) is 3.73. The molecule has 1 aromatic heterocycles. The molecule has 6 heteroatoms. The van der Waals surface area contributed by atoms with Gasteiger partial charge in [-0.05, 0) is 41.8 Å². The quantitative estimate of drug-likeness (QED) is 0.755. The van der Waals surface area contributed by atoms with Gasteiger partial charge in [0.1, 0.15) is 0 Å². The third-order valence-corrected chi connectivity index (χ3v) is 3.97. The van der Waals surface area contributed by atoms with Crippen LogP contribution in [0.5, 0.6) is 0 Å². The molecule has 0 radical (unpaired) electrons. The summed E-state index contributed by atoms with van der Waals surface area (Å²) in [5.74, 6) is 0.142. The van der Waals surface area contributed by atoms with E-state index in [4.69, 9.17) is 23.1 Å². The van der Waals surface area contributed by atoms with Crippen LogP contribution < -0.4 is 11.5 Å². The van der Waals surface area contributed by atoms with Gasteiger partial charge in [-0.2, -0.15) is 0 Å². The van der Waals surface area contributed by atoms with Gasteiger partial charge in [-0.25, -0.2) is 4.98 Å². The monoisotopic (exact) mass is 328 g/mol. The summed E-state index contributed by atoms with van der Waals surface area (Å²) in [5.41, 5.74) is 15.1. The molecule has 0 aliphatic rings. The van der Waals surface area contributed by atoms with Gasteiger partial charge in [-0.1, -0.05) is 29.8 Å². The highest BCUT2D eigenvalue weighted by molar-refractivity contribution is 6.30. The van der Waals surface area contributed by atoms with Crippen LogP contribution in [0.4, 0.5) is 5.95 Å². The van der Waals surface area contributed by atoms with Crippen molar-refractivity contribution in [2.75, 3.05) is 5.73 Å². The minimum Gasteiger partial charge on any atom is -0.370 e. The number of hydrogen-bond acceptors (Lipinski definition) is 3. The van der Waals surface area contributed by atoms with Crippen LogP contribution in [-0.4, -0.2) is 15.5 Å². The molecule has 23 heavy (non-hydrogen) atoms. The Morgan fingerprint density at radius 2 is 2.00 bits per heavy atom. The van der Waals surface area contributed by atoms with E-state index >= 15 is 0 Å². The number of nitrogens with two attached hydrogens (primary N) is 2. The Morgan fingerprint density at radius 3 is 2.74 bits per heavy atom. The lowest BCUT2D eigenvalue weighted by Gasteiger charge is -2.07. The first kappa shape index (κ1) is 15.4. The van der Waals surface area contributed by atoms with Gasteiger partial charge in [0, 0.05) is 11.4 Å². The number of halogens is 1. The Hall–Kier alpha value is -2.53. The summed E-state index contributed by atoms with van der Waals surface area (Å²) < 4.78 is 1.94. The minimum atomic E-state index is -0.309. The number of carbonyl (C=O) groups excluding carboxylic acids is 1. The van der Waals surface area contributed by atoms with E-state index in [0.29, 0.717) is 30.4 Å². The zero-order valence-corrected chi connectivity index (χ0v) is 13.3. The molecule has 0 fully saturated rings. The van der Waals surface area contributed by atoms with Crippen molar-refractivity contribution in [1.29, 1.82) is 0 Å². The number of primary amides is 1. The molecular weight excluding hydrogens is 312 g/mol. The van der Waals surface area contributed by atoms with Gasteiger partial charge in [0.2, 0.25) is 11.9 Å². The molecule has 5 nitrogen and oxygen atoms in total. The second-order valence-corrected chi connectivity index (χ2v) is 5.91. The highest BCUT2D eigenvalue weighted by atomic mass is 35.5. The van der Waals surface area contributed by atoms with Crippen molar-refractivity contribution in [2.45, 2.75) is 19.4 Å². The molecular formula is C17H17ClN4O. The molecule has 3 rings (SSSR count). The first-order chi connectivity index (χ1) is 11.0. The first-order valence-electron chi connectivity index (χ1n) is 7.30. The number of nitrogens with zero attached hydrogens (tertiary/aromatic N) is 2. The highest BCUT2D eigenvalue weighted by Crippen LogP contribution is 2.22. The van der Waals surface area contributed by atoms with Crippen LogP contribution in [0.2, 0.25) is 5.02 Å². The smallest absolute Gasteiger partial charge is 0.217 e. The molecule has 0 spiro atoms. The van der Waals surface area contributed by atoms with Crippen molar-refractivity contribution < 1.29 is 4.79 Å². The largest absolute Gasteiger partial charge is 0.370 e. The van der Waals surface area contributed by atoms with Crippen LogP contribution in [0, 0.1) is 0 Å². The lowest BCUT2D eigenvalue weighted by molar-refractivity contribution is -0.117. The van der Waals surface area contributed by atoms with Crippen molar-refractivity contribution in [2.24, 2.45) is 5.73 Å². The molecule has 118 valence electrons. The van der Waals surface area contributed by atoms with Crippen LogP contribution in [0.25, 0.3) is 11.0 Å². The zero-order valence-electron chi connectivity index (χ0n) is 12.5. The van der Waals surface area contributed by atoms with Crippen molar-refractivity contribution in [3.63, 3.8) is 0 Å². The summed E-state index contributed by atoms with van der Waals surface area (Å²) >= 11 is 6.03. The minimum absolute atomic E-state index is 0.309. The number of hydrogen-bond donors (Lipinski definition) is 2. The highest BCUT2D eigenvalue weighted by Gasteiger charge is 2.10. The van der Waals surface area contributed by atoms with Crippen molar-refractivity contribution in [3.05, 3.63) is 58.6 Å². The zero-order chi connectivity index (χ0) is 16.4. The molecule has 1 heterocycles. The fraction of sp³-hybridized carbons (Fsp3) is 0.176. The maximum atomic E-state index is 10.9. The SMILES string of the molecule is NC(=O)CCc1ccc2c(c1)nc(N)n2Cc1cccc(Cl)c1. The van der Waals surface area contributed by atoms with Crippen LogP contribution in [-0.2, 0) is 17.8 Å². The number of carbonyl (C=O) groups is 1. The third kappa shape index (κ3) is 3.46. The number of anilines is 1. The summed E-state index contributed by atoms with van der Waals surface area (Å²) in [6.07, 6.45) is 0.927. The summed E-state index contributed by atoms with van der Waals surface area (Å²) in [7, 11) is 0. The molecule has 0 bridgehead atoms. The summed E-state index contributed by atoms with van der Waals surface area (Å²) in [6.45, 7) is 0.601. The molecule has 3 aromatic rings. The Labute approximate surface area is 138 Å². The number of nitrogen functional groups attached to an aromatic ring is 1. The van der Waals surface area contributed by atoms with Crippen LogP contribution in [0.1, 0.15) is 17.5 Å². The molecule has 0 saturated heterocycles. The lowest BCUT2D eigenvalue weighted by Crippen LogP contribution is -2.11. The number of benzene rings is 2. The topological polar surface area (TPSA) is 86.9 Å². The van der Waals surface area contributed by atoms with Crippen LogP contribution >= 0.6 is 11.6 Å². The number of imidazole rings is 1. The van der Waals surface area contributed by atoms with Crippen molar-refractivity contribution in [1.82, 2.24) is 9.55 Å². The molecule has 1 amide bonds. The van der Waals surface area contributed by atoms with E-state index in [1.54, 1.807) is 0 Å². The van der Waals surface area contributed by atoms with E-state index < -0.39 is 0 Å². The second kappa shape index (κ2) is 6.30. The molecule has 0 unspecified atom stereocenters. The van der Waals surface area contributed by atoms with E-state index in [-0.39, 0.29) is 5.91 Å². The standard InChI is InChI=1S/C17H17ClN4O/c18-13-3-1-2-12(8-13)10-22-15-6-4-11(5-7-16(19)23)9-14(15)21-17(22)20/h1-4,6,8-9H,5,7,10H2,(H2,19,23)(H2,20,21). The van der Waals surface area contributed by atoms with Gasteiger partial charge in [0.05, 0.1) is 17.6 Å². The van der Waals surface area contributed by atoms with Crippen LogP contribution in [0.3, 0.4) is 0 Å².